The number of nitrogens with zero attached hydrogens (tertiary/aromatic N) is 2. The fourth-order valence-electron chi connectivity index (χ4n) is 1.88. The van der Waals surface area contributed by atoms with E-state index in [9.17, 15) is 14.7 Å². The average Bonchev–Trinajstić information content (AvgIpc) is 2.28. The van der Waals surface area contributed by atoms with Crippen molar-refractivity contribution in [2.45, 2.75) is 25.8 Å². The first-order chi connectivity index (χ1) is 7.65. The lowest BCUT2D eigenvalue weighted by Gasteiger charge is -2.18. The Labute approximate surface area is 91.9 Å². The first-order valence-corrected chi connectivity index (χ1v) is 5.20. The minimum atomic E-state index is -0.601. The molecule has 0 unspecified atom stereocenters. The number of carbonyl (C=O) groups excluding carboxylic acids is 1. The number of fused-ring (bicyclic) bond motifs is 1. The Morgan fingerprint density at radius 3 is 2.94 bits per heavy atom. The van der Waals surface area contributed by atoms with Gasteiger partial charge in [-0.25, -0.2) is 0 Å². The fourth-order valence-corrected chi connectivity index (χ4v) is 1.88. The van der Waals surface area contributed by atoms with Crippen molar-refractivity contribution in [2.75, 3.05) is 7.05 Å². The number of amides is 1. The summed E-state index contributed by atoms with van der Waals surface area (Å²) in [6.45, 7) is 0.561. The van der Waals surface area contributed by atoms with Gasteiger partial charge in [0.15, 0.2) is 5.56 Å². The molecule has 6 heteroatoms. The lowest BCUT2D eigenvalue weighted by atomic mass is 10.1. The predicted octanol–water partition coefficient (Wildman–Crippen LogP) is -0.355. The molecule has 0 aliphatic carbocycles. The van der Waals surface area contributed by atoms with Gasteiger partial charge in [-0.2, -0.15) is 4.98 Å². The molecule has 1 aliphatic heterocycles. The number of carbonyl (C=O) groups is 1. The van der Waals surface area contributed by atoms with E-state index in [0.29, 0.717) is 18.8 Å². The Bertz CT molecular complexity index is 493. The topological polar surface area (TPSA) is 84.2 Å². The first kappa shape index (κ1) is 10.7. The molecular weight excluding hydrogens is 210 g/mol. The molecule has 0 bridgehead atoms. The van der Waals surface area contributed by atoms with Crippen LogP contribution in [0, 0.1) is 0 Å². The van der Waals surface area contributed by atoms with Crippen LogP contribution in [0.2, 0.25) is 0 Å². The molecule has 0 aromatic carbocycles. The van der Waals surface area contributed by atoms with Gasteiger partial charge in [-0.1, -0.05) is 0 Å². The van der Waals surface area contributed by atoms with Crippen LogP contribution in [0.3, 0.4) is 0 Å². The highest BCUT2D eigenvalue weighted by atomic mass is 16.3. The minimum Gasteiger partial charge on any atom is -0.493 e. The number of aromatic nitrogens is 2. The van der Waals surface area contributed by atoms with Gasteiger partial charge in [-0.3, -0.25) is 14.2 Å². The molecule has 1 amide bonds. The van der Waals surface area contributed by atoms with E-state index >= 15 is 0 Å². The molecule has 0 spiro atoms. The van der Waals surface area contributed by atoms with Crippen molar-refractivity contribution in [2.24, 2.45) is 0 Å². The molecular formula is C10H13N3O3. The van der Waals surface area contributed by atoms with E-state index in [-0.39, 0.29) is 5.56 Å². The predicted molar refractivity (Wildman–Crippen MR) is 56.5 cm³/mol. The molecule has 2 rings (SSSR count). The van der Waals surface area contributed by atoms with E-state index in [1.165, 1.54) is 11.6 Å². The van der Waals surface area contributed by atoms with E-state index in [2.05, 4.69) is 10.3 Å². The summed E-state index contributed by atoms with van der Waals surface area (Å²) in [6.07, 6.45) is 2.51. The quantitative estimate of drug-likeness (QED) is 0.681. The standard InChI is InChI=1S/C10H13N3O3/c1-11-8(14)7-9(15)12-6-4-2-3-5-13(6)10(7)16/h15H,2-5H2,1H3,(H,11,14). The SMILES string of the molecule is CNC(=O)c1c(O)nc2n(c1=O)CCCC2. The number of rotatable bonds is 1. The van der Waals surface area contributed by atoms with Gasteiger partial charge in [-0.15, -0.1) is 0 Å². The van der Waals surface area contributed by atoms with E-state index < -0.39 is 17.3 Å². The molecule has 0 saturated heterocycles. The summed E-state index contributed by atoms with van der Waals surface area (Å²) in [6, 6.07) is 0. The highest BCUT2D eigenvalue weighted by molar-refractivity contribution is 5.95. The van der Waals surface area contributed by atoms with Gasteiger partial charge in [0.2, 0.25) is 5.88 Å². The molecule has 2 N–H and O–H groups in total. The number of hydrogen-bond acceptors (Lipinski definition) is 4. The van der Waals surface area contributed by atoms with E-state index in [1.54, 1.807) is 0 Å². The highest BCUT2D eigenvalue weighted by Crippen LogP contribution is 2.15. The van der Waals surface area contributed by atoms with Crippen molar-refractivity contribution in [1.29, 1.82) is 0 Å². The third-order valence-corrected chi connectivity index (χ3v) is 2.72. The van der Waals surface area contributed by atoms with Crippen molar-refractivity contribution in [3.8, 4) is 5.88 Å². The van der Waals surface area contributed by atoms with Gasteiger partial charge < -0.3 is 10.4 Å². The minimum absolute atomic E-state index is 0.270. The monoisotopic (exact) mass is 223 g/mol. The summed E-state index contributed by atoms with van der Waals surface area (Å²) < 4.78 is 1.47. The Hall–Kier alpha value is -1.85. The summed E-state index contributed by atoms with van der Waals surface area (Å²) in [4.78, 5) is 27.3. The van der Waals surface area contributed by atoms with Crippen LogP contribution in [0.5, 0.6) is 5.88 Å². The molecule has 0 fully saturated rings. The molecule has 86 valence electrons. The Morgan fingerprint density at radius 1 is 1.50 bits per heavy atom. The van der Waals surface area contributed by atoms with Crippen LogP contribution < -0.4 is 10.9 Å². The third kappa shape index (κ3) is 1.56. The summed E-state index contributed by atoms with van der Waals surface area (Å²) in [7, 11) is 1.41. The molecule has 0 atom stereocenters. The van der Waals surface area contributed by atoms with Crippen LogP contribution in [-0.2, 0) is 13.0 Å². The Balaban J connectivity index is 2.63. The maximum absolute atomic E-state index is 11.9. The first-order valence-electron chi connectivity index (χ1n) is 5.20. The summed E-state index contributed by atoms with van der Waals surface area (Å²) in [5.74, 6) is -0.519. The molecule has 0 saturated carbocycles. The van der Waals surface area contributed by atoms with Crippen LogP contribution >= 0.6 is 0 Å². The van der Waals surface area contributed by atoms with Crippen molar-refractivity contribution < 1.29 is 9.90 Å². The second kappa shape index (κ2) is 3.96. The van der Waals surface area contributed by atoms with E-state index in [0.717, 1.165) is 12.8 Å². The van der Waals surface area contributed by atoms with Gasteiger partial charge in [0, 0.05) is 20.0 Å². The normalized spacial score (nSPS) is 14.3. The zero-order chi connectivity index (χ0) is 11.7. The molecule has 6 nitrogen and oxygen atoms in total. The van der Waals surface area contributed by atoms with Gasteiger partial charge in [-0.05, 0) is 12.8 Å². The number of aromatic hydroxyl groups is 1. The smallest absolute Gasteiger partial charge is 0.270 e. The Kier molecular flexibility index (Phi) is 2.64. The number of nitrogens with one attached hydrogen (secondary N) is 1. The van der Waals surface area contributed by atoms with Crippen LogP contribution in [0.15, 0.2) is 4.79 Å². The Morgan fingerprint density at radius 2 is 2.25 bits per heavy atom. The number of hydrogen-bond donors (Lipinski definition) is 2. The van der Waals surface area contributed by atoms with E-state index in [1.807, 2.05) is 0 Å². The summed E-state index contributed by atoms with van der Waals surface area (Å²) in [5.41, 5.74) is -0.727. The van der Waals surface area contributed by atoms with Gasteiger partial charge in [0.25, 0.3) is 11.5 Å². The highest BCUT2D eigenvalue weighted by Gasteiger charge is 2.22. The molecule has 2 heterocycles. The lowest BCUT2D eigenvalue weighted by Crippen LogP contribution is -2.35. The zero-order valence-electron chi connectivity index (χ0n) is 8.99. The molecule has 1 aromatic heterocycles. The molecule has 16 heavy (non-hydrogen) atoms. The van der Waals surface area contributed by atoms with Gasteiger partial charge >= 0.3 is 0 Å². The van der Waals surface area contributed by atoms with Crippen LogP contribution in [0.1, 0.15) is 29.0 Å². The maximum atomic E-state index is 11.9. The van der Waals surface area contributed by atoms with Crippen LogP contribution in [-0.4, -0.2) is 27.6 Å². The maximum Gasteiger partial charge on any atom is 0.270 e. The zero-order valence-corrected chi connectivity index (χ0v) is 8.99. The second-order valence-electron chi connectivity index (χ2n) is 3.72. The molecule has 1 aliphatic rings. The summed E-state index contributed by atoms with van der Waals surface area (Å²) >= 11 is 0. The van der Waals surface area contributed by atoms with Crippen molar-refractivity contribution >= 4 is 5.91 Å². The molecule has 1 aromatic rings. The van der Waals surface area contributed by atoms with Gasteiger partial charge in [0.05, 0.1) is 0 Å². The van der Waals surface area contributed by atoms with Crippen molar-refractivity contribution in [3.05, 3.63) is 21.7 Å². The van der Waals surface area contributed by atoms with Crippen LogP contribution in [0.25, 0.3) is 0 Å². The largest absolute Gasteiger partial charge is 0.493 e. The fraction of sp³-hybridized carbons (Fsp3) is 0.500. The second-order valence-corrected chi connectivity index (χ2v) is 3.72. The summed E-state index contributed by atoms with van der Waals surface area (Å²) in [5, 5.41) is 11.9. The van der Waals surface area contributed by atoms with Crippen molar-refractivity contribution in [3.63, 3.8) is 0 Å². The lowest BCUT2D eigenvalue weighted by molar-refractivity contribution is 0.0957. The number of aryl methyl sites for hydroxylation is 1. The average molecular weight is 223 g/mol. The van der Waals surface area contributed by atoms with Crippen LogP contribution in [0.4, 0.5) is 0 Å². The van der Waals surface area contributed by atoms with Gasteiger partial charge in [0.1, 0.15) is 5.82 Å². The molecule has 0 radical (unpaired) electrons. The third-order valence-electron chi connectivity index (χ3n) is 2.72. The van der Waals surface area contributed by atoms with Crippen molar-refractivity contribution in [1.82, 2.24) is 14.9 Å². The van der Waals surface area contributed by atoms with E-state index in [4.69, 9.17) is 0 Å².